The maximum atomic E-state index is 2.52. The number of benzene rings is 6. The van der Waals surface area contributed by atoms with E-state index in [0.717, 1.165) is 0 Å². The molecular weight excluding hydrogens is 817 g/mol. The van der Waals surface area contributed by atoms with Gasteiger partial charge in [0, 0.05) is 0 Å². The highest BCUT2D eigenvalue weighted by Gasteiger charge is 2.33. The molecule has 6 aromatic rings. The van der Waals surface area contributed by atoms with Crippen molar-refractivity contribution in [3.05, 3.63) is 154 Å². The maximum absolute atomic E-state index is 2.52. The van der Waals surface area contributed by atoms with Crippen LogP contribution in [0.5, 0.6) is 0 Å². The molecule has 0 saturated heterocycles. The van der Waals surface area contributed by atoms with Crippen LogP contribution in [0.15, 0.2) is 109 Å². The van der Waals surface area contributed by atoms with Crippen molar-refractivity contribution in [1.82, 2.24) is 0 Å². The molecule has 6 aromatic carbocycles. The molecule has 0 N–H and O–H groups in total. The fourth-order valence-corrected chi connectivity index (χ4v) is 10.0. The van der Waals surface area contributed by atoms with E-state index in [-0.39, 0.29) is 43.3 Å². The molecule has 0 nitrogen and oxygen atoms in total. The molecule has 0 unspecified atom stereocenters. The van der Waals surface area contributed by atoms with Crippen molar-refractivity contribution in [2.75, 3.05) is 0 Å². The van der Waals surface area contributed by atoms with E-state index in [1.54, 1.807) is 0 Å². The Labute approximate surface area is 416 Å². The molecule has 0 bridgehead atoms. The van der Waals surface area contributed by atoms with Crippen LogP contribution in [0.2, 0.25) is 0 Å². The first-order chi connectivity index (χ1) is 30.8. The van der Waals surface area contributed by atoms with Gasteiger partial charge in [0.05, 0.1) is 0 Å². The molecule has 0 fully saturated rings. The molecule has 68 heavy (non-hydrogen) atoms. The Bertz CT molecular complexity index is 2610. The van der Waals surface area contributed by atoms with Crippen molar-refractivity contribution in [3.8, 4) is 55.6 Å². The van der Waals surface area contributed by atoms with Crippen molar-refractivity contribution < 1.29 is 0 Å². The van der Waals surface area contributed by atoms with Crippen LogP contribution >= 0.6 is 0 Å². The summed E-state index contributed by atoms with van der Waals surface area (Å²) in [5, 5.41) is 0. The Morgan fingerprint density at radius 2 is 0.382 bits per heavy atom. The van der Waals surface area contributed by atoms with Crippen molar-refractivity contribution in [1.29, 1.82) is 0 Å². The van der Waals surface area contributed by atoms with Gasteiger partial charge in [-0.05, 0) is 143 Å². The monoisotopic (exact) mass is 907 g/mol. The van der Waals surface area contributed by atoms with Gasteiger partial charge in [-0.1, -0.05) is 275 Å². The summed E-state index contributed by atoms with van der Waals surface area (Å²) in [6.07, 6.45) is 0. The van der Waals surface area contributed by atoms with E-state index >= 15 is 0 Å². The molecule has 0 aromatic heterocycles. The highest BCUT2D eigenvalue weighted by atomic mass is 14.4. The van der Waals surface area contributed by atoms with Gasteiger partial charge >= 0.3 is 0 Å². The Morgan fingerprint density at radius 3 is 0.588 bits per heavy atom. The molecule has 362 valence electrons. The second kappa shape index (κ2) is 17.6. The summed E-state index contributed by atoms with van der Waals surface area (Å²) in [4.78, 5) is 0. The molecule has 0 aliphatic carbocycles. The predicted octanol–water partition coefficient (Wildman–Crippen LogP) is 20.4. The van der Waals surface area contributed by atoms with Crippen LogP contribution in [-0.4, -0.2) is 0 Å². The van der Waals surface area contributed by atoms with Crippen molar-refractivity contribution >= 4 is 0 Å². The number of rotatable bonds is 5. The van der Waals surface area contributed by atoms with Gasteiger partial charge in [-0.2, -0.15) is 0 Å². The lowest BCUT2D eigenvalue weighted by molar-refractivity contribution is 0.568. The lowest BCUT2D eigenvalue weighted by Crippen LogP contribution is -2.19. The van der Waals surface area contributed by atoms with Gasteiger partial charge in [0.2, 0.25) is 0 Å². The van der Waals surface area contributed by atoms with Crippen LogP contribution in [0.3, 0.4) is 0 Å². The Balaban J connectivity index is 1.92. The lowest BCUT2D eigenvalue weighted by Gasteiger charge is -2.33. The summed E-state index contributed by atoms with van der Waals surface area (Å²) in [7, 11) is 0. The molecule has 0 heteroatoms. The zero-order valence-electron chi connectivity index (χ0n) is 47.4. The smallest absolute Gasteiger partial charge is 0.00235 e. The van der Waals surface area contributed by atoms with E-state index in [1.165, 1.54) is 100 Å². The van der Waals surface area contributed by atoms with Gasteiger partial charge in [0.25, 0.3) is 0 Å². The van der Waals surface area contributed by atoms with Gasteiger partial charge in [-0.25, -0.2) is 0 Å². The van der Waals surface area contributed by atoms with Gasteiger partial charge in [-0.3, -0.25) is 0 Å². The minimum Gasteiger partial charge on any atom is -0.0610 e. The third kappa shape index (κ3) is 10.9. The molecule has 6 rings (SSSR count). The number of hydrogen-bond donors (Lipinski definition) is 0. The molecule has 0 aliphatic heterocycles. The summed E-state index contributed by atoms with van der Waals surface area (Å²) in [5.41, 5.74) is 23.4. The Kier molecular flexibility index (Phi) is 13.7. The summed E-state index contributed by atoms with van der Waals surface area (Å²) < 4.78 is 0. The van der Waals surface area contributed by atoms with Crippen molar-refractivity contribution in [3.63, 3.8) is 0 Å². The van der Waals surface area contributed by atoms with Gasteiger partial charge in [0.15, 0.2) is 0 Å². The van der Waals surface area contributed by atoms with Gasteiger partial charge in [0.1, 0.15) is 0 Å². The summed E-state index contributed by atoms with van der Waals surface area (Å²) >= 11 is 0. The molecule has 0 aliphatic rings. The maximum Gasteiger partial charge on any atom is -0.00235 e. The average molecular weight is 907 g/mol. The third-order valence-electron chi connectivity index (χ3n) is 14.3. The van der Waals surface area contributed by atoms with E-state index in [2.05, 4.69) is 275 Å². The van der Waals surface area contributed by atoms with Gasteiger partial charge in [-0.15, -0.1) is 0 Å². The van der Waals surface area contributed by atoms with Crippen LogP contribution in [0.25, 0.3) is 55.6 Å². The molecule has 0 radical (unpaired) electrons. The topological polar surface area (TPSA) is 0 Å². The van der Waals surface area contributed by atoms with E-state index in [9.17, 15) is 0 Å². The summed E-state index contributed by atoms with van der Waals surface area (Å²) in [6, 6.07) is 43.8. The quantitative estimate of drug-likeness (QED) is 0.162. The van der Waals surface area contributed by atoms with Crippen LogP contribution in [0, 0.1) is 0 Å². The molecule has 0 heterocycles. The van der Waals surface area contributed by atoms with Crippen molar-refractivity contribution in [2.45, 2.75) is 209 Å². The van der Waals surface area contributed by atoms with Crippen LogP contribution in [-0.2, 0) is 43.3 Å². The summed E-state index contributed by atoms with van der Waals surface area (Å²) in [5.74, 6) is 0. The van der Waals surface area contributed by atoms with E-state index in [0.29, 0.717) is 0 Å². The van der Waals surface area contributed by atoms with Crippen molar-refractivity contribution in [2.24, 2.45) is 0 Å². The first-order valence-electron chi connectivity index (χ1n) is 25.7. The largest absolute Gasteiger partial charge is 0.0610 e. The van der Waals surface area contributed by atoms with Gasteiger partial charge < -0.3 is 0 Å². The zero-order valence-corrected chi connectivity index (χ0v) is 47.4. The predicted molar refractivity (Wildman–Crippen MR) is 303 cm³/mol. The first kappa shape index (κ1) is 52.7. The highest BCUT2D eigenvalue weighted by molar-refractivity contribution is 6.04. The number of hydrogen-bond acceptors (Lipinski definition) is 0. The van der Waals surface area contributed by atoms with Crippen LogP contribution < -0.4 is 0 Å². The molecule has 0 amide bonds. The first-order valence-corrected chi connectivity index (χ1v) is 25.7. The standard InChI is InChI=1S/C68H90/c1-61(2,3)43-31-35-47(55(39-43)65(13,14)15)49-27-25-29-51(59(49)53-37-33-45(63(7,8)9)41-57(53)67(19,20)21)52-30-26-28-50(48-36-32-44(62(4,5)6)40-56(48)66(16,17)18)60(52)54-38-34-46(64(10,11)12)42-58(54)68(22,23)24/h25-42H,1-24H3. The second-order valence-electron chi connectivity index (χ2n) is 28.5. The van der Waals surface area contributed by atoms with Crippen LogP contribution in [0.4, 0.5) is 0 Å². The molecule has 0 saturated carbocycles. The lowest BCUT2D eigenvalue weighted by atomic mass is 9.71. The highest BCUT2D eigenvalue weighted by Crippen LogP contribution is 2.53. The minimum absolute atomic E-state index is 0.000441. The third-order valence-corrected chi connectivity index (χ3v) is 14.3. The minimum atomic E-state index is -0.132. The average Bonchev–Trinajstić information content (AvgIpc) is 3.19. The Morgan fingerprint density at radius 1 is 0.191 bits per heavy atom. The molecule has 0 spiro atoms. The SMILES string of the molecule is CC(C)(C)c1ccc(-c2cccc(-c3cccc(-c4ccc(C(C)(C)C)cc4C(C)(C)C)c3-c3ccc(C(C)(C)C)cc3C(C)(C)C)c2-c2ccc(C(C)(C)C)cc2C(C)(C)C)c(C(C)(C)C)c1. The normalized spacial score (nSPS) is 13.6. The zero-order chi connectivity index (χ0) is 51.1. The Hall–Kier alpha value is -4.68. The summed E-state index contributed by atoms with van der Waals surface area (Å²) in [6.45, 7) is 56.8. The fourth-order valence-electron chi connectivity index (χ4n) is 10.0. The van der Waals surface area contributed by atoms with E-state index < -0.39 is 0 Å². The molecular formula is C68H90. The molecule has 0 atom stereocenters. The second-order valence-corrected chi connectivity index (χ2v) is 28.5. The fraction of sp³-hybridized carbons (Fsp3) is 0.471. The van der Waals surface area contributed by atoms with E-state index in [4.69, 9.17) is 0 Å². The van der Waals surface area contributed by atoms with Crippen LogP contribution in [0.1, 0.15) is 211 Å². The van der Waals surface area contributed by atoms with E-state index in [1.807, 2.05) is 0 Å².